The van der Waals surface area contributed by atoms with E-state index in [2.05, 4.69) is 4.98 Å². The van der Waals surface area contributed by atoms with Gasteiger partial charge in [0.05, 0.1) is 5.03 Å². The zero-order valence-corrected chi connectivity index (χ0v) is 15.7. The molecule has 0 bridgehead atoms. The summed E-state index contributed by atoms with van der Waals surface area (Å²) in [5.41, 5.74) is 0.998. The third-order valence-corrected chi connectivity index (χ3v) is 7.29. The topological polar surface area (TPSA) is 50.3 Å². The number of hydrogen-bond acceptors (Lipinski definition) is 4. The molecular weight excluding hydrogens is 359 g/mol. The molecule has 2 heterocycles. The Morgan fingerprint density at radius 3 is 2.36 bits per heavy atom. The van der Waals surface area contributed by atoms with Crippen LogP contribution in [0.3, 0.4) is 0 Å². The first-order valence-corrected chi connectivity index (χ1v) is 10.7. The molecule has 0 amide bonds. The summed E-state index contributed by atoms with van der Waals surface area (Å²) >= 11 is 1.52. The Hall–Kier alpha value is -1.44. The monoisotopic (exact) mass is 380 g/mol. The molecule has 25 heavy (non-hydrogen) atoms. The minimum absolute atomic E-state index is 0.0950. The first-order valence-electron chi connectivity index (χ1n) is 8.35. The Kier molecular flexibility index (Phi) is 5.76. The van der Waals surface area contributed by atoms with Gasteiger partial charge in [-0.1, -0.05) is 30.3 Å². The highest BCUT2D eigenvalue weighted by atomic mass is 32.2. The molecule has 0 saturated carbocycles. The largest absolute Gasteiger partial charge is 0.249 e. The van der Waals surface area contributed by atoms with Crippen LogP contribution in [0.2, 0.25) is 0 Å². The molecule has 0 aliphatic carbocycles. The van der Waals surface area contributed by atoms with Crippen LogP contribution < -0.4 is 0 Å². The minimum Gasteiger partial charge on any atom is -0.249 e. The molecule has 0 N–H and O–H groups in total. The van der Waals surface area contributed by atoms with Gasteiger partial charge in [-0.05, 0) is 49.6 Å². The highest BCUT2D eigenvalue weighted by molar-refractivity contribution is 7.99. The fraction of sp³-hybridized carbons (Fsp3) is 0.389. The van der Waals surface area contributed by atoms with Crippen molar-refractivity contribution in [1.82, 2.24) is 9.29 Å². The van der Waals surface area contributed by atoms with Crippen LogP contribution in [0.4, 0.5) is 4.39 Å². The number of halogens is 1. The van der Waals surface area contributed by atoms with Gasteiger partial charge < -0.3 is 0 Å². The van der Waals surface area contributed by atoms with Gasteiger partial charge in [0, 0.05) is 24.5 Å². The average Bonchev–Trinajstić information content (AvgIpc) is 2.63. The van der Waals surface area contributed by atoms with Crippen LogP contribution in [-0.2, 0) is 10.0 Å². The molecule has 2 aromatic rings. The third kappa shape index (κ3) is 4.40. The van der Waals surface area contributed by atoms with Gasteiger partial charge in [-0.3, -0.25) is 0 Å². The normalized spacial score (nSPS) is 17.4. The standard InChI is InChI=1S/C18H21FN2O2S2/c1-14(15-5-7-16(19)8-6-15)24-18-10-9-17(13-20-18)25(22,23)21-11-3-2-4-12-21/h5-10,13-14H,2-4,11-12H2,1H3. The second-order valence-corrected chi connectivity index (χ2v) is 9.41. The number of thioether (sulfide) groups is 1. The molecule has 1 aliphatic heterocycles. The van der Waals surface area contributed by atoms with Gasteiger partial charge in [0.25, 0.3) is 0 Å². The fourth-order valence-corrected chi connectivity index (χ4v) is 5.20. The van der Waals surface area contributed by atoms with Crippen molar-refractivity contribution in [3.63, 3.8) is 0 Å². The Balaban J connectivity index is 1.70. The molecular formula is C18H21FN2O2S2. The Bertz CT molecular complexity index is 802. The van der Waals surface area contributed by atoms with Gasteiger partial charge in [-0.25, -0.2) is 17.8 Å². The van der Waals surface area contributed by atoms with Crippen molar-refractivity contribution >= 4 is 21.8 Å². The molecule has 1 fully saturated rings. The smallest absolute Gasteiger partial charge is 0.244 e. The molecule has 1 aliphatic rings. The van der Waals surface area contributed by atoms with Gasteiger partial charge in [0.15, 0.2) is 0 Å². The Morgan fingerprint density at radius 2 is 1.76 bits per heavy atom. The second-order valence-electron chi connectivity index (χ2n) is 6.11. The van der Waals surface area contributed by atoms with Crippen LogP contribution in [0.25, 0.3) is 0 Å². The van der Waals surface area contributed by atoms with Crippen LogP contribution in [0.5, 0.6) is 0 Å². The molecule has 1 aromatic carbocycles. The number of hydrogen-bond donors (Lipinski definition) is 0. The van der Waals surface area contributed by atoms with E-state index in [4.69, 9.17) is 0 Å². The molecule has 1 unspecified atom stereocenters. The number of sulfonamides is 1. The predicted molar refractivity (Wildman–Crippen MR) is 97.5 cm³/mol. The number of benzene rings is 1. The average molecular weight is 381 g/mol. The highest BCUT2D eigenvalue weighted by Gasteiger charge is 2.26. The SMILES string of the molecule is CC(Sc1ccc(S(=O)(=O)N2CCCCC2)cn1)c1ccc(F)cc1. The van der Waals surface area contributed by atoms with Crippen LogP contribution in [0.1, 0.15) is 37.0 Å². The van der Waals surface area contributed by atoms with E-state index in [0.717, 1.165) is 29.9 Å². The minimum atomic E-state index is -3.44. The predicted octanol–water partition coefficient (Wildman–Crippen LogP) is 4.25. The molecule has 1 aromatic heterocycles. The third-order valence-electron chi connectivity index (χ3n) is 4.30. The van der Waals surface area contributed by atoms with Crippen molar-refractivity contribution in [2.24, 2.45) is 0 Å². The van der Waals surface area contributed by atoms with Crippen LogP contribution in [0.15, 0.2) is 52.5 Å². The first kappa shape index (κ1) is 18.4. The van der Waals surface area contributed by atoms with Gasteiger partial charge in [0.1, 0.15) is 10.7 Å². The zero-order valence-electron chi connectivity index (χ0n) is 14.1. The fourth-order valence-electron chi connectivity index (χ4n) is 2.83. The van der Waals surface area contributed by atoms with Crippen molar-refractivity contribution < 1.29 is 12.8 Å². The lowest BCUT2D eigenvalue weighted by Gasteiger charge is -2.25. The first-order chi connectivity index (χ1) is 12.0. The molecule has 4 nitrogen and oxygen atoms in total. The number of nitrogens with zero attached hydrogens (tertiary/aromatic N) is 2. The number of pyridine rings is 1. The van der Waals surface area contributed by atoms with Crippen molar-refractivity contribution in [2.45, 2.75) is 41.4 Å². The van der Waals surface area contributed by atoms with Crippen molar-refractivity contribution in [1.29, 1.82) is 0 Å². The quantitative estimate of drug-likeness (QED) is 0.728. The van der Waals surface area contributed by atoms with Crippen molar-refractivity contribution in [3.05, 3.63) is 54.0 Å². The molecule has 1 saturated heterocycles. The summed E-state index contributed by atoms with van der Waals surface area (Å²) in [4.78, 5) is 4.55. The lowest BCUT2D eigenvalue weighted by molar-refractivity contribution is 0.346. The lowest BCUT2D eigenvalue weighted by atomic mass is 10.2. The number of rotatable bonds is 5. The molecule has 1 atom stereocenters. The summed E-state index contributed by atoms with van der Waals surface area (Å²) in [6.07, 6.45) is 4.34. The van der Waals surface area contributed by atoms with E-state index >= 15 is 0 Å². The molecule has 3 rings (SSSR count). The maximum Gasteiger partial charge on any atom is 0.244 e. The van der Waals surface area contributed by atoms with Gasteiger partial charge >= 0.3 is 0 Å². The summed E-state index contributed by atoms with van der Waals surface area (Å²) in [7, 11) is -3.44. The molecule has 7 heteroatoms. The maximum absolute atomic E-state index is 13.0. The van der Waals surface area contributed by atoms with Crippen molar-refractivity contribution in [2.75, 3.05) is 13.1 Å². The summed E-state index contributed by atoms with van der Waals surface area (Å²) < 4.78 is 39.8. The summed E-state index contributed by atoms with van der Waals surface area (Å²) in [6.45, 7) is 3.18. The van der Waals surface area contributed by atoms with E-state index < -0.39 is 10.0 Å². The van der Waals surface area contributed by atoms with E-state index in [1.54, 1.807) is 28.6 Å². The summed E-state index contributed by atoms with van der Waals surface area (Å²) in [5, 5.41) is 0.840. The maximum atomic E-state index is 13.0. The van der Waals surface area contributed by atoms with Crippen LogP contribution in [0, 0.1) is 5.82 Å². The Morgan fingerprint density at radius 1 is 1.08 bits per heavy atom. The van der Waals surface area contributed by atoms with E-state index in [9.17, 15) is 12.8 Å². The van der Waals surface area contributed by atoms with Crippen LogP contribution in [-0.4, -0.2) is 30.8 Å². The van der Waals surface area contributed by atoms with E-state index in [-0.39, 0.29) is 16.0 Å². The number of aromatic nitrogens is 1. The van der Waals surface area contributed by atoms with E-state index in [1.807, 2.05) is 6.92 Å². The van der Waals surface area contributed by atoms with Gasteiger partial charge in [-0.2, -0.15) is 4.31 Å². The molecule has 0 spiro atoms. The van der Waals surface area contributed by atoms with Gasteiger partial charge in [-0.15, -0.1) is 0 Å². The summed E-state index contributed by atoms with van der Waals surface area (Å²) in [6, 6.07) is 9.74. The lowest BCUT2D eigenvalue weighted by Crippen LogP contribution is -2.35. The Labute approximate surface area is 152 Å². The van der Waals surface area contributed by atoms with Gasteiger partial charge in [0.2, 0.25) is 10.0 Å². The zero-order chi connectivity index (χ0) is 17.9. The molecule has 0 radical (unpaired) electrons. The highest BCUT2D eigenvalue weighted by Crippen LogP contribution is 2.34. The second kappa shape index (κ2) is 7.85. The van der Waals surface area contributed by atoms with Crippen LogP contribution >= 0.6 is 11.8 Å². The molecule has 134 valence electrons. The van der Waals surface area contributed by atoms with E-state index in [1.165, 1.54) is 30.1 Å². The number of piperidine rings is 1. The van der Waals surface area contributed by atoms with E-state index in [0.29, 0.717) is 13.1 Å². The van der Waals surface area contributed by atoms with Crippen molar-refractivity contribution in [3.8, 4) is 0 Å². The summed E-state index contributed by atoms with van der Waals surface area (Å²) in [5.74, 6) is -0.258.